The van der Waals surface area contributed by atoms with E-state index in [0.29, 0.717) is 0 Å². The summed E-state index contributed by atoms with van der Waals surface area (Å²) in [6, 6.07) is 18.7. The lowest BCUT2D eigenvalue weighted by Gasteiger charge is -2.35. The van der Waals surface area contributed by atoms with E-state index >= 15 is 0 Å². The minimum atomic E-state index is -5.95. The predicted molar refractivity (Wildman–Crippen MR) is 140 cm³/mol. The SMILES string of the molecule is CC(c1cccc2ccccc12)N(C[C@H]1C=C(OS(=O)(=O)C(F)(F)F)c2ccccc2O1)C(=O)OC(C)(C)C. The highest BCUT2D eigenvalue weighted by atomic mass is 32.2. The number of nitrogens with zero attached hydrogens (tertiary/aromatic N) is 1. The molecule has 0 aliphatic carbocycles. The Morgan fingerprint density at radius 3 is 2.33 bits per heavy atom. The van der Waals surface area contributed by atoms with Crippen molar-refractivity contribution in [2.75, 3.05) is 6.54 Å². The van der Waals surface area contributed by atoms with Crippen molar-refractivity contribution in [2.45, 2.75) is 51.0 Å². The first kappa shape index (κ1) is 28.3. The molecular formula is C28H28F3NO6S. The van der Waals surface area contributed by atoms with Crippen molar-refractivity contribution in [1.82, 2.24) is 4.90 Å². The number of fused-ring (bicyclic) bond motifs is 2. The van der Waals surface area contributed by atoms with Gasteiger partial charge in [0.2, 0.25) is 0 Å². The number of benzene rings is 3. The Morgan fingerprint density at radius 1 is 1.00 bits per heavy atom. The minimum absolute atomic E-state index is 0.0347. The highest BCUT2D eigenvalue weighted by molar-refractivity contribution is 7.87. The molecule has 1 aliphatic rings. The molecule has 0 saturated carbocycles. The van der Waals surface area contributed by atoms with Gasteiger partial charge in [0.05, 0.1) is 18.2 Å². The summed E-state index contributed by atoms with van der Waals surface area (Å²) in [6.07, 6.45) is -0.605. The van der Waals surface area contributed by atoms with Crippen molar-refractivity contribution in [1.29, 1.82) is 0 Å². The second-order valence-electron chi connectivity index (χ2n) is 10.0. The van der Waals surface area contributed by atoms with Gasteiger partial charge in [0.15, 0.2) is 5.76 Å². The standard InChI is InChI=1S/C28H28F3NO6S/c1-18(21-14-9-11-19-10-5-6-12-22(19)21)32(26(33)37-27(2,3)4)17-20-16-25(38-39(34,35)28(29,30)31)23-13-7-8-15-24(23)36-20/h5-16,18,20H,17H2,1-4H3/t18?,20-/m1/s1. The summed E-state index contributed by atoms with van der Waals surface area (Å²) in [5.74, 6) is -0.430. The lowest BCUT2D eigenvalue weighted by atomic mass is 9.98. The molecule has 39 heavy (non-hydrogen) atoms. The molecule has 0 saturated heterocycles. The maximum atomic E-state index is 13.4. The fourth-order valence-electron chi connectivity index (χ4n) is 4.24. The molecule has 1 unspecified atom stereocenters. The molecule has 208 valence electrons. The maximum Gasteiger partial charge on any atom is 0.534 e. The first-order chi connectivity index (χ1) is 18.2. The van der Waals surface area contributed by atoms with Crippen LogP contribution in [0.4, 0.5) is 18.0 Å². The molecule has 0 N–H and O–H groups in total. The Labute approximate surface area is 224 Å². The fraction of sp³-hybridized carbons (Fsp3) is 0.321. The van der Waals surface area contributed by atoms with Crippen LogP contribution < -0.4 is 4.74 Å². The topological polar surface area (TPSA) is 82.1 Å². The van der Waals surface area contributed by atoms with E-state index in [2.05, 4.69) is 4.18 Å². The third kappa shape index (κ3) is 6.30. The molecule has 1 amide bonds. The van der Waals surface area contributed by atoms with Crippen LogP contribution in [0.5, 0.6) is 5.75 Å². The Kier molecular flexibility index (Phi) is 7.57. The first-order valence-electron chi connectivity index (χ1n) is 12.1. The number of halogens is 3. The zero-order chi connectivity index (χ0) is 28.6. The summed E-state index contributed by atoms with van der Waals surface area (Å²) in [4.78, 5) is 14.8. The van der Waals surface area contributed by atoms with Gasteiger partial charge in [0.25, 0.3) is 0 Å². The van der Waals surface area contributed by atoms with Crippen LogP contribution in [0.25, 0.3) is 16.5 Å². The molecule has 0 spiro atoms. The second kappa shape index (κ2) is 10.4. The zero-order valence-corrected chi connectivity index (χ0v) is 22.5. The van der Waals surface area contributed by atoms with Crippen LogP contribution in [0.1, 0.15) is 44.9 Å². The number of rotatable bonds is 6. The average Bonchev–Trinajstić information content (AvgIpc) is 2.84. The van der Waals surface area contributed by atoms with Crippen molar-refractivity contribution < 1.29 is 40.0 Å². The average molecular weight is 564 g/mol. The number of amides is 1. The predicted octanol–water partition coefficient (Wildman–Crippen LogP) is 6.81. The van der Waals surface area contributed by atoms with Crippen molar-refractivity contribution in [2.24, 2.45) is 0 Å². The quantitative estimate of drug-likeness (QED) is 0.242. The van der Waals surface area contributed by atoms with E-state index in [9.17, 15) is 26.4 Å². The van der Waals surface area contributed by atoms with Gasteiger partial charge in [-0.05, 0) is 56.2 Å². The van der Waals surface area contributed by atoms with Gasteiger partial charge >= 0.3 is 21.7 Å². The Balaban J connectivity index is 1.74. The molecule has 0 radical (unpaired) electrons. The van der Waals surface area contributed by atoms with E-state index in [1.165, 1.54) is 23.1 Å². The zero-order valence-electron chi connectivity index (χ0n) is 21.7. The van der Waals surface area contributed by atoms with Crippen LogP contribution in [0.15, 0.2) is 72.8 Å². The second-order valence-corrected chi connectivity index (χ2v) is 11.6. The molecule has 7 nitrogen and oxygen atoms in total. The number of carbonyl (C=O) groups excluding carboxylic acids is 1. The van der Waals surface area contributed by atoms with Crippen molar-refractivity contribution in [3.05, 3.63) is 83.9 Å². The smallest absolute Gasteiger partial charge is 0.484 e. The van der Waals surface area contributed by atoms with Gasteiger partial charge in [-0.3, -0.25) is 4.90 Å². The first-order valence-corrected chi connectivity index (χ1v) is 13.5. The van der Waals surface area contributed by atoms with Gasteiger partial charge in [-0.2, -0.15) is 21.6 Å². The number of alkyl halides is 3. The largest absolute Gasteiger partial charge is 0.534 e. The van der Waals surface area contributed by atoms with Crippen LogP contribution in [0, 0.1) is 0 Å². The van der Waals surface area contributed by atoms with E-state index in [-0.39, 0.29) is 17.9 Å². The van der Waals surface area contributed by atoms with Crippen molar-refractivity contribution >= 4 is 32.7 Å². The van der Waals surface area contributed by atoms with E-state index in [1.807, 2.05) is 42.5 Å². The van der Waals surface area contributed by atoms with E-state index in [1.54, 1.807) is 33.8 Å². The number of carbonyl (C=O) groups is 1. The van der Waals surface area contributed by atoms with Crippen LogP contribution in [0.2, 0.25) is 0 Å². The van der Waals surface area contributed by atoms with Crippen LogP contribution in [-0.4, -0.2) is 43.2 Å². The minimum Gasteiger partial charge on any atom is -0.484 e. The van der Waals surface area contributed by atoms with E-state index < -0.39 is 45.2 Å². The molecule has 1 heterocycles. The van der Waals surface area contributed by atoms with Gasteiger partial charge < -0.3 is 13.7 Å². The lowest BCUT2D eigenvalue weighted by molar-refractivity contribution is -0.0510. The molecule has 0 aromatic heterocycles. The van der Waals surface area contributed by atoms with Gasteiger partial charge in [0.1, 0.15) is 17.5 Å². The van der Waals surface area contributed by atoms with Crippen LogP contribution in [-0.2, 0) is 19.0 Å². The molecule has 3 aromatic carbocycles. The molecule has 11 heteroatoms. The molecule has 0 bridgehead atoms. The lowest BCUT2D eigenvalue weighted by Crippen LogP contribution is -2.44. The molecule has 2 atom stereocenters. The van der Waals surface area contributed by atoms with E-state index in [0.717, 1.165) is 22.4 Å². The number of ether oxygens (including phenoxy) is 2. The highest BCUT2D eigenvalue weighted by Gasteiger charge is 2.49. The summed E-state index contributed by atoms with van der Waals surface area (Å²) in [6.45, 7) is 6.77. The highest BCUT2D eigenvalue weighted by Crippen LogP contribution is 2.38. The van der Waals surface area contributed by atoms with Gasteiger partial charge in [-0.25, -0.2) is 4.79 Å². The summed E-state index contributed by atoms with van der Waals surface area (Å²) in [5.41, 5.74) is -5.61. The third-order valence-electron chi connectivity index (χ3n) is 6.00. The normalized spacial score (nSPS) is 16.5. The molecule has 3 aromatic rings. The monoisotopic (exact) mass is 563 g/mol. The molecular weight excluding hydrogens is 535 g/mol. The number of para-hydroxylation sites is 1. The summed E-state index contributed by atoms with van der Waals surface area (Å²) >= 11 is 0. The molecule has 0 fully saturated rings. The van der Waals surface area contributed by atoms with Gasteiger partial charge in [0, 0.05) is 6.08 Å². The van der Waals surface area contributed by atoms with Crippen molar-refractivity contribution in [3.8, 4) is 5.75 Å². The van der Waals surface area contributed by atoms with E-state index in [4.69, 9.17) is 9.47 Å². The third-order valence-corrected chi connectivity index (χ3v) is 6.96. The molecule has 4 rings (SSSR count). The number of hydrogen-bond acceptors (Lipinski definition) is 6. The maximum absolute atomic E-state index is 13.4. The van der Waals surface area contributed by atoms with Gasteiger partial charge in [-0.1, -0.05) is 54.6 Å². The number of hydrogen-bond donors (Lipinski definition) is 0. The van der Waals surface area contributed by atoms with Crippen LogP contribution in [0.3, 0.4) is 0 Å². The molecule has 1 aliphatic heterocycles. The van der Waals surface area contributed by atoms with Crippen LogP contribution >= 0.6 is 0 Å². The Bertz CT molecular complexity index is 1510. The Hall–Kier alpha value is -3.73. The van der Waals surface area contributed by atoms with Gasteiger partial charge in [-0.15, -0.1) is 0 Å². The van der Waals surface area contributed by atoms with Crippen molar-refractivity contribution in [3.63, 3.8) is 0 Å². The summed E-state index contributed by atoms with van der Waals surface area (Å²) < 4.78 is 79.1. The Morgan fingerprint density at radius 2 is 1.64 bits per heavy atom. The summed E-state index contributed by atoms with van der Waals surface area (Å²) in [5, 5.41) is 1.87. The fourth-order valence-corrected chi connectivity index (χ4v) is 4.72. The summed E-state index contributed by atoms with van der Waals surface area (Å²) in [7, 11) is -5.95.